The number of aromatic amines is 1. The van der Waals surface area contributed by atoms with Crippen LogP contribution >= 0.6 is 0 Å². The summed E-state index contributed by atoms with van der Waals surface area (Å²) in [6, 6.07) is 5.65. The Morgan fingerprint density at radius 3 is 3.00 bits per heavy atom. The number of carbonyl (C=O) groups excluding carboxylic acids is 1. The average Bonchev–Trinajstić information content (AvgIpc) is 3.41. The van der Waals surface area contributed by atoms with Crippen LogP contribution in [0.2, 0.25) is 0 Å². The lowest BCUT2D eigenvalue weighted by atomic mass is 9.84. The third-order valence-electron chi connectivity index (χ3n) is 5.48. The Bertz CT molecular complexity index is 1230. The fraction of sp³-hybridized carbons (Fsp3) is 0.250. The number of aromatic nitrogens is 4. The summed E-state index contributed by atoms with van der Waals surface area (Å²) >= 11 is 0. The minimum Gasteiger partial charge on any atom is -0.350 e. The number of nitrogens with one attached hydrogen (secondary N) is 2. The highest BCUT2D eigenvalue weighted by atomic mass is 16.6. The minimum absolute atomic E-state index is 0.0511. The minimum atomic E-state index is -0.347. The van der Waals surface area contributed by atoms with Crippen LogP contribution in [0, 0.1) is 6.57 Å². The van der Waals surface area contributed by atoms with Gasteiger partial charge in [-0.15, -0.1) is 0 Å². The zero-order chi connectivity index (χ0) is 20.0. The summed E-state index contributed by atoms with van der Waals surface area (Å²) < 4.78 is 4.93. The van der Waals surface area contributed by atoms with Gasteiger partial charge in [0.15, 0.2) is 5.70 Å². The molecule has 1 amide bonds. The van der Waals surface area contributed by atoms with Crippen LogP contribution in [0.3, 0.4) is 0 Å². The molecule has 1 unspecified atom stereocenters. The molecule has 144 valence electrons. The van der Waals surface area contributed by atoms with Gasteiger partial charge in [-0.3, -0.25) is 9.89 Å². The predicted octanol–water partition coefficient (Wildman–Crippen LogP) is 2.81. The molecule has 2 N–H and O–H groups in total. The van der Waals surface area contributed by atoms with E-state index in [1.807, 2.05) is 24.3 Å². The lowest BCUT2D eigenvalue weighted by Gasteiger charge is -2.31. The van der Waals surface area contributed by atoms with Crippen molar-refractivity contribution < 1.29 is 9.42 Å². The van der Waals surface area contributed by atoms with Crippen molar-refractivity contribution in [1.82, 2.24) is 25.4 Å². The van der Waals surface area contributed by atoms with Crippen molar-refractivity contribution in [3.8, 4) is 0 Å². The van der Waals surface area contributed by atoms with Gasteiger partial charge in [0.25, 0.3) is 0 Å². The zero-order valence-electron chi connectivity index (χ0n) is 15.6. The van der Waals surface area contributed by atoms with E-state index in [1.165, 1.54) is 0 Å². The van der Waals surface area contributed by atoms with Crippen LogP contribution in [0.15, 0.2) is 52.1 Å². The molecule has 5 rings (SSSR count). The van der Waals surface area contributed by atoms with Crippen molar-refractivity contribution in [3.05, 3.63) is 70.0 Å². The molecule has 1 aromatic carbocycles. The van der Waals surface area contributed by atoms with Gasteiger partial charge in [0, 0.05) is 31.3 Å². The molecule has 0 aliphatic carbocycles. The number of rotatable bonds is 2. The van der Waals surface area contributed by atoms with Crippen molar-refractivity contribution in [3.63, 3.8) is 0 Å². The highest BCUT2D eigenvalue weighted by Gasteiger charge is 2.35. The highest BCUT2D eigenvalue weighted by molar-refractivity contribution is 5.81. The second-order valence-corrected chi connectivity index (χ2v) is 7.05. The van der Waals surface area contributed by atoms with Gasteiger partial charge in [-0.2, -0.15) is 5.10 Å². The smallest absolute Gasteiger partial charge is 0.219 e. The van der Waals surface area contributed by atoms with Gasteiger partial charge in [-0.25, -0.2) is 9.47 Å². The molecule has 0 saturated carbocycles. The number of hydrogen-bond acceptors (Lipinski definition) is 6. The summed E-state index contributed by atoms with van der Waals surface area (Å²) in [6.07, 6.45) is 4.41. The number of allylic oxidation sites excluding steroid dienone is 2. The van der Waals surface area contributed by atoms with Crippen LogP contribution in [0.4, 0.5) is 5.82 Å². The Kier molecular flexibility index (Phi) is 3.91. The maximum atomic E-state index is 11.7. The monoisotopic (exact) mass is 387 g/mol. The Morgan fingerprint density at radius 2 is 2.24 bits per heavy atom. The molecular formula is C20H17N7O2. The van der Waals surface area contributed by atoms with Gasteiger partial charge in [0.2, 0.25) is 5.91 Å². The SMILES string of the molecule is [C-]#[N+]C1=C(C2=CCN(C(C)=O)CC2)Nc2[nH]ncc2C1c1cccc2nonc12. The predicted molar refractivity (Wildman–Crippen MR) is 104 cm³/mol. The Morgan fingerprint density at radius 1 is 1.34 bits per heavy atom. The molecule has 0 spiro atoms. The molecule has 3 aromatic rings. The van der Waals surface area contributed by atoms with E-state index in [-0.39, 0.29) is 11.8 Å². The number of H-pyrrole nitrogens is 1. The third kappa shape index (κ3) is 2.69. The first-order valence-corrected chi connectivity index (χ1v) is 9.25. The number of hydrogen-bond donors (Lipinski definition) is 2. The van der Waals surface area contributed by atoms with Gasteiger partial charge in [0.05, 0.1) is 18.7 Å². The van der Waals surface area contributed by atoms with Gasteiger partial charge < -0.3 is 10.2 Å². The lowest BCUT2D eigenvalue weighted by Crippen LogP contribution is -2.34. The molecule has 0 saturated heterocycles. The van der Waals surface area contributed by atoms with Gasteiger partial charge >= 0.3 is 0 Å². The van der Waals surface area contributed by atoms with Crippen molar-refractivity contribution in [2.75, 3.05) is 18.4 Å². The Hall–Kier alpha value is -3.93. The van der Waals surface area contributed by atoms with E-state index in [0.29, 0.717) is 36.2 Å². The van der Waals surface area contributed by atoms with Crippen LogP contribution in [0.25, 0.3) is 15.9 Å². The van der Waals surface area contributed by atoms with Crippen molar-refractivity contribution in [2.45, 2.75) is 19.3 Å². The molecule has 9 nitrogen and oxygen atoms in total. The van der Waals surface area contributed by atoms with E-state index in [9.17, 15) is 4.79 Å². The number of carbonyl (C=O) groups is 1. The molecule has 1 atom stereocenters. The van der Waals surface area contributed by atoms with E-state index in [0.717, 1.165) is 28.2 Å². The first-order valence-electron chi connectivity index (χ1n) is 9.25. The fourth-order valence-corrected chi connectivity index (χ4v) is 4.02. The normalized spacial score (nSPS) is 18.8. The third-order valence-corrected chi connectivity index (χ3v) is 5.48. The Balaban J connectivity index is 1.67. The average molecular weight is 387 g/mol. The number of fused-ring (bicyclic) bond motifs is 2. The molecule has 9 heteroatoms. The van der Waals surface area contributed by atoms with E-state index < -0.39 is 0 Å². The molecule has 2 aliphatic heterocycles. The van der Waals surface area contributed by atoms with Gasteiger partial charge in [0.1, 0.15) is 16.9 Å². The summed E-state index contributed by atoms with van der Waals surface area (Å²) in [4.78, 5) is 17.3. The summed E-state index contributed by atoms with van der Waals surface area (Å²) in [5.41, 5.74) is 5.34. The topological polar surface area (TPSA) is 104 Å². The molecule has 2 aromatic heterocycles. The molecule has 29 heavy (non-hydrogen) atoms. The largest absolute Gasteiger partial charge is 0.350 e. The Labute approximate surface area is 165 Å². The van der Waals surface area contributed by atoms with E-state index in [4.69, 9.17) is 11.2 Å². The van der Waals surface area contributed by atoms with Crippen molar-refractivity contribution >= 4 is 22.8 Å². The lowest BCUT2D eigenvalue weighted by molar-refractivity contribution is -0.128. The second kappa shape index (κ2) is 6.60. The number of amides is 1. The molecule has 0 fully saturated rings. The quantitative estimate of drug-likeness (QED) is 0.655. The summed E-state index contributed by atoms with van der Waals surface area (Å²) in [7, 11) is 0. The molecule has 0 bridgehead atoms. The van der Waals surface area contributed by atoms with E-state index in [1.54, 1.807) is 18.0 Å². The van der Waals surface area contributed by atoms with Crippen LogP contribution < -0.4 is 5.32 Å². The highest BCUT2D eigenvalue weighted by Crippen LogP contribution is 2.45. The van der Waals surface area contributed by atoms with Crippen LogP contribution in [-0.2, 0) is 4.79 Å². The van der Waals surface area contributed by atoms with Crippen molar-refractivity contribution in [2.24, 2.45) is 0 Å². The number of benzene rings is 1. The van der Waals surface area contributed by atoms with E-state index >= 15 is 0 Å². The molecule has 4 heterocycles. The van der Waals surface area contributed by atoms with Crippen LogP contribution in [-0.4, -0.2) is 44.4 Å². The van der Waals surface area contributed by atoms with Gasteiger partial charge in [-0.05, 0) is 33.9 Å². The number of anilines is 1. The first kappa shape index (κ1) is 17.2. The summed E-state index contributed by atoms with van der Waals surface area (Å²) in [5, 5.41) is 18.5. The summed E-state index contributed by atoms with van der Waals surface area (Å²) in [6.45, 7) is 10.7. The second-order valence-electron chi connectivity index (χ2n) is 7.05. The fourth-order valence-electron chi connectivity index (χ4n) is 4.02. The standard InChI is InChI=1S/C20H17N7O2/c1-11(28)27-8-6-12(7-9-27)17-19(21-2)16(14-10-22-24-20(14)23-17)13-4-3-5-15-18(13)26-29-25-15/h3-6,10,16H,7-9H2,1H3,(H2,22,23,24). The van der Waals surface area contributed by atoms with Crippen LogP contribution in [0.1, 0.15) is 30.4 Å². The van der Waals surface area contributed by atoms with Gasteiger partial charge in [-0.1, -0.05) is 18.2 Å². The number of nitrogens with zero attached hydrogens (tertiary/aromatic N) is 5. The van der Waals surface area contributed by atoms with E-state index in [2.05, 4.69) is 30.7 Å². The molecule has 2 aliphatic rings. The molecule has 0 radical (unpaired) electrons. The molecular weight excluding hydrogens is 370 g/mol. The maximum Gasteiger partial charge on any atom is 0.219 e. The van der Waals surface area contributed by atoms with Crippen molar-refractivity contribution in [1.29, 1.82) is 0 Å². The zero-order valence-corrected chi connectivity index (χ0v) is 15.6. The first-order chi connectivity index (χ1) is 14.2. The maximum absolute atomic E-state index is 11.7. The summed E-state index contributed by atoms with van der Waals surface area (Å²) in [5.74, 6) is 0.454. The van der Waals surface area contributed by atoms with Crippen LogP contribution in [0.5, 0.6) is 0 Å².